The van der Waals surface area contributed by atoms with E-state index in [1.165, 1.54) is 0 Å². The van der Waals surface area contributed by atoms with Gasteiger partial charge in [0.15, 0.2) is 0 Å². The van der Waals surface area contributed by atoms with Crippen molar-refractivity contribution in [3.05, 3.63) is 77.4 Å². The monoisotopic (exact) mass is 340 g/mol. The number of allylic oxidation sites excluding steroid dienone is 3. The number of aromatic nitrogens is 2. The number of benzene rings is 1. The molecule has 0 atom stereocenters. The Morgan fingerprint density at radius 2 is 2.04 bits per heavy atom. The number of hydrogen-bond donors (Lipinski definition) is 1. The minimum atomic E-state index is -0.0783. The van der Waals surface area contributed by atoms with Gasteiger partial charge in [0.1, 0.15) is 0 Å². The second kappa shape index (κ2) is 5.26. The second-order valence-corrected chi connectivity index (χ2v) is 6.58. The molecule has 0 bridgehead atoms. The quantitative estimate of drug-likeness (QED) is 0.774. The first-order chi connectivity index (χ1) is 12.6. The molecule has 0 saturated carbocycles. The van der Waals surface area contributed by atoms with E-state index in [9.17, 15) is 4.79 Å². The number of hydrogen-bond acceptors (Lipinski definition) is 4. The molecule has 5 rings (SSSR count). The third-order valence-electron chi connectivity index (χ3n) is 5.07. The number of nitrogen functional groups attached to an aromatic ring is 1. The van der Waals surface area contributed by atoms with Gasteiger partial charge in [0.05, 0.1) is 29.0 Å². The lowest BCUT2D eigenvalue weighted by Gasteiger charge is -2.19. The third kappa shape index (κ3) is 1.94. The van der Waals surface area contributed by atoms with Crippen molar-refractivity contribution in [2.24, 2.45) is 0 Å². The summed E-state index contributed by atoms with van der Waals surface area (Å²) in [6, 6.07) is 7.87. The van der Waals surface area contributed by atoms with Gasteiger partial charge in [0, 0.05) is 34.6 Å². The van der Waals surface area contributed by atoms with Crippen molar-refractivity contribution < 1.29 is 4.79 Å². The van der Waals surface area contributed by atoms with Gasteiger partial charge in [-0.3, -0.25) is 9.78 Å². The van der Waals surface area contributed by atoms with Crippen LogP contribution in [0.3, 0.4) is 0 Å². The maximum absolute atomic E-state index is 12.8. The normalized spacial score (nSPS) is 15.2. The van der Waals surface area contributed by atoms with Crippen LogP contribution in [-0.4, -0.2) is 20.8 Å². The Hall–Kier alpha value is -3.47. The molecule has 0 unspecified atom stereocenters. The Morgan fingerprint density at radius 3 is 2.77 bits per heavy atom. The molecule has 0 saturated heterocycles. The number of nitrogens with two attached hydrogens (primary N) is 1. The molecule has 1 aliphatic carbocycles. The predicted molar refractivity (Wildman–Crippen MR) is 101 cm³/mol. The Bertz CT molecular complexity index is 1160. The first-order valence-electron chi connectivity index (χ1n) is 8.47. The topological polar surface area (TPSA) is 72.1 Å². The van der Waals surface area contributed by atoms with Gasteiger partial charge in [-0.15, -0.1) is 0 Å². The molecule has 1 aromatic carbocycles. The van der Waals surface area contributed by atoms with E-state index in [2.05, 4.69) is 4.98 Å². The summed E-state index contributed by atoms with van der Waals surface area (Å²) in [5, 5.41) is 0.804. The fraction of sp³-hybridized carbons (Fsp3) is 0.0952. The van der Waals surface area contributed by atoms with Crippen LogP contribution in [0.2, 0.25) is 0 Å². The zero-order valence-electron chi connectivity index (χ0n) is 14.2. The number of carbonyl (C=O) groups excluding carboxylic acids is 1. The number of para-hydroxylation sites is 1. The lowest BCUT2D eigenvalue weighted by molar-refractivity contribution is 0.0831. The van der Waals surface area contributed by atoms with Crippen molar-refractivity contribution in [2.45, 2.75) is 13.5 Å². The SMILES string of the molecule is Cc1ccncc1-c1cccc2c(N)c3c(nc12)CN(C1=CC=C1)C3=O. The van der Waals surface area contributed by atoms with Crippen LogP contribution in [0, 0.1) is 6.92 Å². The van der Waals surface area contributed by atoms with Crippen molar-refractivity contribution in [3.63, 3.8) is 0 Å². The zero-order chi connectivity index (χ0) is 17.8. The van der Waals surface area contributed by atoms with E-state index in [-0.39, 0.29) is 5.91 Å². The molecule has 2 N–H and O–H groups in total. The van der Waals surface area contributed by atoms with Crippen molar-refractivity contribution in [2.75, 3.05) is 5.73 Å². The molecular formula is C21H16N4O. The number of fused-ring (bicyclic) bond motifs is 2. The summed E-state index contributed by atoms with van der Waals surface area (Å²) in [4.78, 5) is 23.7. The molecule has 1 aliphatic heterocycles. The summed E-state index contributed by atoms with van der Waals surface area (Å²) in [6.07, 6.45) is 9.38. The summed E-state index contributed by atoms with van der Waals surface area (Å²) in [5.74, 6) is -0.0783. The highest BCUT2D eigenvalue weighted by molar-refractivity contribution is 6.12. The minimum absolute atomic E-state index is 0.0783. The van der Waals surface area contributed by atoms with Gasteiger partial charge in [-0.25, -0.2) is 4.98 Å². The van der Waals surface area contributed by atoms with E-state index >= 15 is 0 Å². The molecule has 3 aromatic rings. The van der Waals surface area contributed by atoms with Crippen LogP contribution in [0.25, 0.3) is 22.0 Å². The van der Waals surface area contributed by atoms with E-state index in [0.29, 0.717) is 17.8 Å². The lowest BCUT2D eigenvalue weighted by atomic mass is 9.98. The molecular weight excluding hydrogens is 324 g/mol. The first-order valence-corrected chi connectivity index (χ1v) is 8.47. The molecule has 5 heteroatoms. The van der Waals surface area contributed by atoms with Crippen LogP contribution in [0.4, 0.5) is 5.69 Å². The van der Waals surface area contributed by atoms with Crippen LogP contribution in [-0.2, 0) is 6.54 Å². The van der Waals surface area contributed by atoms with Gasteiger partial charge in [-0.1, -0.05) is 24.3 Å². The molecule has 26 heavy (non-hydrogen) atoms. The number of nitrogens with zero attached hydrogens (tertiary/aromatic N) is 3. The summed E-state index contributed by atoms with van der Waals surface area (Å²) in [5.41, 5.74) is 13.0. The van der Waals surface area contributed by atoms with Crippen LogP contribution in [0.1, 0.15) is 21.6 Å². The number of amides is 1. The van der Waals surface area contributed by atoms with E-state index < -0.39 is 0 Å². The molecule has 1 amide bonds. The summed E-state index contributed by atoms with van der Waals surface area (Å²) in [6.45, 7) is 2.50. The van der Waals surface area contributed by atoms with Crippen LogP contribution < -0.4 is 5.73 Å². The Morgan fingerprint density at radius 1 is 1.19 bits per heavy atom. The Kier molecular flexibility index (Phi) is 3.00. The van der Waals surface area contributed by atoms with Gasteiger partial charge in [0.25, 0.3) is 5.91 Å². The van der Waals surface area contributed by atoms with Crippen molar-refractivity contribution in [3.8, 4) is 11.1 Å². The van der Waals surface area contributed by atoms with Crippen LogP contribution >= 0.6 is 0 Å². The van der Waals surface area contributed by atoms with Gasteiger partial charge in [-0.2, -0.15) is 0 Å². The highest BCUT2D eigenvalue weighted by Crippen LogP contribution is 2.38. The molecule has 2 aliphatic rings. The minimum Gasteiger partial charge on any atom is -0.397 e. The van der Waals surface area contributed by atoms with Crippen molar-refractivity contribution in [1.82, 2.24) is 14.9 Å². The Labute approximate surface area is 150 Å². The van der Waals surface area contributed by atoms with Crippen LogP contribution in [0.5, 0.6) is 0 Å². The van der Waals surface area contributed by atoms with E-state index in [4.69, 9.17) is 10.7 Å². The standard InChI is InChI=1S/C21H16N4O/c1-12-8-9-23-10-16(12)14-6-3-7-15-19(22)18-17(24-20(14)15)11-25(21(18)26)13-4-2-5-13/h2-10H,11H2,1H3,(H2,22,24). The molecule has 2 aromatic heterocycles. The highest BCUT2D eigenvalue weighted by atomic mass is 16.2. The Balaban J connectivity index is 1.75. The number of pyridine rings is 2. The smallest absolute Gasteiger partial charge is 0.262 e. The maximum atomic E-state index is 12.8. The number of rotatable bonds is 2. The van der Waals surface area contributed by atoms with Gasteiger partial charge >= 0.3 is 0 Å². The number of aryl methyl sites for hydroxylation is 1. The molecule has 3 heterocycles. The van der Waals surface area contributed by atoms with Gasteiger partial charge < -0.3 is 10.6 Å². The number of carbonyl (C=O) groups is 1. The second-order valence-electron chi connectivity index (χ2n) is 6.58. The molecule has 0 spiro atoms. The summed E-state index contributed by atoms with van der Waals surface area (Å²) < 4.78 is 0. The average Bonchev–Trinajstić information content (AvgIpc) is 2.91. The molecule has 5 nitrogen and oxygen atoms in total. The first kappa shape index (κ1) is 14.8. The number of anilines is 1. The fourth-order valence-corrected chi connectivity index (χ4v) is 3.61. The highest BCUT2D eigenvalue weighted by Gasteiger charge is 2.34. The van der Waals surface area contributed by atoms with E-state index in [0.717, 1.165) is 39.0 Å². The molecule has 126 valence electrons. The summed E-state index contributed by atoms with van der Waals surface area (Å²) in [7, 11) is 0. The predicted octanol–water partition coefficient (Wildman–Crippen LogP) is 3.60. The zero-order valence-corrected chi connectivity index (χ0v) is 14.2. The van der Waals surface area contributed by atoms with Crippen LogP contribution in [0.15, 0.2) is 60.6 Å². The third-order valence-corrected chi connectivity index (χ3v) is 5.07. The molecule has 0 fully saturated rings. The van der Waals surface area contributed by atoms with Crippen molar-refractivity contribution >= 4 is 22.5 Å². The van der Waals surface area contributed by atoms with E-state index in [1.54, 1.807) is 11.1 Å². The van der Waals surface area contributed by atoms with E-state index in [1.807, 2.05) is 55.6 Å². The summed E-state index contributed by atoms with van der Waals surface area (Å²) >= 11 is 0. The van der Waals surface area contributed by atoms with Crippen molar-refractivity contribution in [1.29, 1.82) is 0 Å². The van der Waals surface area contributed by atoms with Gasteiger partial charge in [0.2, 0.25) is 0 Å². The maximum Gasteiger partial charge on any atom is 0.262 e. The largest absolute Gasteiger partial charge is 0.397 e. The lowest BCUT2D eigenvalue weighted by Crippen LogP contribution is -2.24. The molecule has 0 radical (unpaired) electrons. The fourth-order valence-electron chi connectivity index (χ4n) is 3.61. The van der Waals surface area contributed by atoms with Gasteiger partial charge in [-0.05, 0) is 30.7 Å². The average molecular weight is 340 g/mol.